The van der Waals surface area contributed by atoms with Crippen LogP contribution < -0.4 is 5.32 Å². The Hall–Kier alpha value is -2.63. The van der Waals surface area contributed by atoms with E-state index < -0.39 is 11.9 Å². The number of aromatic nitrogens is 2. The second-order valence-electron chi connectivity index (χ2n) is 5.66. The molecular formula is C17H21N3O3. The van der Waals surface area contributed by atoms with E-state index in [1.165, 1.54) is 10.9 Å². The maximum Gasteiger partial charge on any atom is 0.339 e. The summed E-state index contributed by atoms with van der Waals surface area (Å²) in [6.07, 6.45) is 2.03. The maximum absolute atomic E-state index is 12.5. The molecule has 0 saturated carbocycles. The van der Waals surface area contributed by atoms with E-state index in [-0.39, 0.29) is 17.3 Å². The number of hydrogen-bond acceptors (Lipinski definition) is 3. The number of nitrogens with zero attached hydrogens (tertiary/aromatic N) is 2. The van der Waals surface area contributed by atoms with Crippen molar-refractivity contribution >= 4 is 11.9 Å². The van der Waals surface area contributed by atoms with E-state index in [0.29, 0.717) is 6.42 Å². The van der Waals surface area contributed by atoms with Gasteiger partial charge in [-0.05, 0) is 31.4 Å². The quantitative estimate of drug-likeness (QED) is 0.888. The molecule has 0 aliphatic rings. The molecule has 0 radical (unpaired) electrons. The van der Waals surface area contributed by atoms with Crippen LogP contribution in [0.25, 0.3) is 0 Å². The third-order valence-electron chi connectivity index (χ3n) is 3.79. The molecule has 2 rings (SSSR count). The van der Waals surface area contributed by atoms with Gasteiger partial charge in [-0.1, -0.05) is 30.7 Å². The second kappa shape index (κ2) is 6.64. The Morgan fingerprint density at radius 2 is 2.04 bits per heavy atom. The molecule has 1 amide bonds. The molecule has 0 aliphatic heterocycles. The number of carboxylic acids is 1. The summed E-state index contributed by atoms with van der Waals surface area (Å²) < 4.78 is 1.33. The van der Waals surface area contributed by atoms with Crippen molar-refractivity contribution in [3.8, 4) is 0 Å². The molecule has 1 atom stereocenters. The van der Waals surface area contributed by atoms with Crippen LogP contribution in [0.5, 0.6) is 0 Å². The van der Waals surface area contributed by atoms with Gasteiger partial charge in [-0.3, -0.25) is 9.48 Å². The fourth-order valence-electron chi connectivity index (χ4n) is 2.66. The van der Waals surface area contributed by atoms with Crippen LogP contribution in [0.4, 0.5) is 0 Å². The lowest BCUT2D eigenvalue weighted by molar-refractivity contribution is 0.0690. The number of hydrogen-bond donors (Lipinski definition) is 2. The highest BCUT2D eigenvalue weighted by Gasteiger charge is 2.23. The van der Waals surface area contributed by atoms with Crippen LogP contribution >= 0.6 is 0 Å². The number of carbonyl (C=O) groups is 2. The molecule has 1 heterocycles. The second-order valence-corrected chi connectivity index (χ2v) is 5.66. The molecule has 0 saturated heterocycles. The minimum atomic E-state index is -1.16. The van der Waals surface area contributed by atoms with E-state index in [1.807, 2.05) is 32.9 Å². The summed E-state index contributed by atoms with van der Waals surface area (Å²) in [5.41, 5.74) is 3.12. The standard InChI is InChI=1S/C17H21N3O3/c1-5-14(12-7-6-10(2)8-11(12)3)18-16(21)15-13(17(22)23)9-20(4)19-15/h6-9,14H,5H2,1-4H3,(H,18,21)(H,22,23). The highest BCUT2D eigenvalue weighted by molar-refractivity contribution is 6.03. The van der Waals surface area contributed by atoms with Crippen molar-refractivity contribution in [2.75, 3.05) is 0 Å². The molecule has 0 spiro atoms. The number of aryl methyl sites for hydroxylation is 3. The van der Waals surface area contributed by atoms with Crippen LogP contribution in [0.3, 0.4) is 0 Å². The van der Waals surface area contributed by atoms with Crippen molar-refractivity contribution in [3.63, 3.8) is 0 Å². The van der Waals surface area contributed by atoms with Gasteiger partial charge in [-0.2, -0.15) is 5.10 Å². The Bertz CT molecular complexity index is 750. The molecule has 1 aromatic carbocycles. The van der Waals surface area contributed by atoms with Crippen molar-refractivity contribution in [3.05, 3.63) is 52.3 Å². The number of carboxylic acid groups (broad SMARTS) is 1. The molecule has 122 valence electrons. The van der Waals surface area contributed by atoms with Gasteiger partial charge in [0.05, 0.1) is 6.04 Å². The largest absolute Gasteiger partial charge is 0.478 e. The smallest absolute Gasteiger partial charge is 0.339 e. The third-order valence-corrected chi connectivity index (χ3v) is 3.79. The number of benzene rings is 1. The minimum absolute atomic E-state index is 0.0665. The van der Waals surface area contributed by atoms with Gasteiger partial charge in [0.2, 0.25) is 0 Å². The van der Waals surface area contributed by atoms with Crippen LogP contribution in [-0.2, 0) is 7.05 Å². The Kier molecular flexibility index (Phi) is 4.83. The van der Waals surface area contributed by atoms with Crippen molar-refractivity contribution in [2.45, 2.75) is 33.2 Å². The Balaban J connectivity index is 2.28. The zero-order valence-electron chi connectivity index (χ0n) is 13.8. The molecule has 6 heteroatoms. The Labute approximate surface area is 135 Å². The predicted octanol–water partition coefficient (Wildman–Crippen LogP) is 2.62. The van der Waals surface area contributed by atoms with Gasteiger partial charge < -0.3 is 10.4 Å². The number of nitrogens with one attached hydrogen (secondary N) is 1. The number of amides is 1. The lowest BCUT2D eigenvalue weighted by atomic mass is 9.97. The number of carbonyl (C=O) groups excluding carboxylic acids is 1. The normalized spacial score (nSPS) is 12.0. The fraction of sp³-hybridized carbons (Fsp3) is 0.353. The van der Waals surface area contributed by atoms with Crippen LogP contribution in [0, 0.1) is 13.8 Å². The molecule has 0 aliphatic carbocycles. The van der Waals surface area contributed by atoms with Gasteiger partial charge in [0.1, 0.15) is 5.56 Å². The first-order valence-electron chi connectivity index (χ1n) is 7.48. The van der Waals surface area contributed by atoms with Crippen molar-refractivity contribution < 1.29 is 14.7 Å². The summed E-state index contributed by atoms with van der Waals surface area (Å²) in [4.78, 5) is 23.7. The molecule has 1 unspecified atom stereocenters. The summed E-state index contributed by atoms with van der Waals surface area (Å²) in [6.45, 7) is 5.99. The zero-order valence-corrected chi connectivity index (χ0v) is 13.8. The maximum atomic E-state index is 12.5. The topological polar surface area (TPSA) is 84.2 Å². The Morgan fingerprint density at radius 1 is 1.35 bits per heavy atom. The van der Waals surface area contributed by atoms with Crippen molar-refractivity contribution in [2.24, 2.45) is 7.05 Å². The van der Waals surface area contributed by atoms with Gasteiger partial charge in [0.25, 0.3) is 5.91 Å². The van der Waals surface area contributed by atoms with E-state index in [1.54, 1.807) is 7.05 Å². The first kappa shape index (κ1) is 16.7. The zero-order chi connectivity index (χ0) is 17.1. The molecule has 0 bridgehead atoms. The van der Waals surface area contributed by atoms with Crippen LogP contribution in [0.2, 0.25) is 0 Å². The molecule has 0 fully saturated rings. The predicted molar refractivity (Wildman–Crippen MR) is 86.6 cm³/mol. The molecule has 23 heavy (non-hydrogen) atoms. The fourth-order valence-corrected chi connectivity index (χ4v) is 2.66. The van der Waals surface area contributed by atoms with Gasteiger partial charge >= 0.3 is 5.97 Å². The molecule has 2 N–H and O–H groups in total. The highest BCUT2D eigenvalue weighted by atomic mass is 16.4. The first-order valence-corrected chi connectivity index (χ1v) is 7.48. The average molecular weight is 315 g/mol. The summed E-state index contributed by atoms with van der Waals surface area (Å²) in [7, 11) is 1.59. The number of aromatic carboxylic acids is 1. The van der Waals surface area contributed by atoms with E-state index in [2.05, 4.69) is 16.5 Å². The molecule has 2 aromatic rings. The summed E-state index contributed by atoms with van der Waals surface area (Å²) in [5, 5.41) is 16.0. The van der Waals surface area contributed by atoms with Crippen LogP contribution in [-0.4, -0.2) is 26.8 Å². The van der Waals surface area contributed by atoms with Crippen LogP contribution in [0.1, 0.15) is 56.9 Å². The molecular weight excluding hydrogens is 294 g/mol. The summed E-state index contributed by atoms with van der Waals surface area (Å²) in [5.74, 6) is -1.64. The van der Waals surface area contributed by atoms with E-state index in [9.17, 15) is 14.7 Å². The summed E-state index contributed by atoms with van der Waals surface area (Å²) >= 11 is 0. The lowest BCUT2D eigenvalue weighted by Gasteiger charge is -2.19. The van der Waals surface area contributed by atoms with Gasteiger partial charge in [-0.15, -0.1) is 0 Å². The summed E-state index contributed by atoms with van der Waals surface area (Å²) in [6, 6.07) is 5.87. The minimum Gasteiger partial charge on any atom is -0.478 e. The van der Waals surface area contributed by atoms with E-state index in [0.717, 1.165) is 16.7 Å². The van der Waals surface area contributed by atoms with Gasteiger partial charge in [0.15, 0.2) is 5.69 Å². The van der Waals surface area contributed by atoms with Crippen molar-refractivity contribution in [1.82, 2.24) is 15.1 Å². The van der Waals surface area contributed by atoms with Crippen LogP contribution in [0.15, 0.2) is 24.4 Å². The molecule has 6 nitrogen and oxygen atoms in total. The average Bonchev–Trinajstić information content (AvgIpc) is 2.87. The van der Waals surface area contributed by atoms with Gasteiger partial charge in [-0.25, -0.2) is 4.79 Å². The number of rotatable bonds is 5. The lowest BCUT2D eigenvalue weighted by Crippen LogP contribution is -2.30. The Morgan fingerprint density at radius 3 is 2.61 bits per heavy atom. The molecule has 1 aromatic heterocycles. The van der Waals surface area contributed by atoms with Crippen molar-refractivity contribution in [1.29, 1.82) is 0 Å². The third kappa shape index (κ3) is 3.59. The SMILES string of the molecule is CCC(NC(=O)c1nn(C)cc1C(=O)O)c1ccc(C)cc1C. The van der Waals surface area contributed by atoms with Gasteiger partial charge in [0, 0.05) is 13.2 Å². The monoisotopic (exact) mass is 315 g/mol. The first-order chi connectivity index (χ1) is 10.8. The van der Waals surface area contributed by atoms with E-state index >= 15 is 0 Å². The highest BCUT2D eigenvalue weighted by Crippen LogP contribution is 2.22. The van der Waals surface area contributed by atoms with E-state index in [4.69, 9.17) is 0 Å².